The molecule has 0 aromatic heterocycles. The van der Waals surface area contributed by atoms with E-state index in [1.165, 1.54) is 48.5 Å². The SMILES string of the molecule is O=C(COc1ccc([N+](=O)[O-])cc1)Nc1ccc(C2(c3ccc(NC(=O)COc4ccc([N+](=O)[O-])cc4)cc3)c3ccccc3-c3ccccc32)cc1. The number of benzene rings is 6. The monoisotopic (exact) mass is 706 g/mol. The van der Waals surface area contributed by atoms with Gasteiger partial charge in [0, 0.05) is 35.6 Å². The lowest BCUT2D eigenvalue weighted by atomic mass is 9.67. The molecule has 53 heavy (non-hydrogen) atoms. The number of anilines is 2. The van der Waals surface area contributed by atoms with Gasteiger partial charge in [-0.25, -0.2) is 0 Å². The van der Waals surface area contributed by atoms with Crippen molar-refractivity contribution in [3.63, 3.8) is 0 Å². The maximum Gasteiger partial charge on any atom is 0.269 e. The Morgan fingerprint density at radius 2 is 0.868 bits per heavy atom. The zero-order valence-electron chi connectivity index (χ0n) is 27.9. The van der Waals surface area contributed by atoms with Crippen LogP contribution in [0.25, 0.3) is 11.1 Å². The van der Waals surface area contributed by atoms with E-state index in [0.717, 1.165) is 33.4 Å². The van der Waals surface area contributed by atoms with Crippen LogP contribution in [0, 0.1) is 20.2 Å². The van der Waals surface area contributed by atoms with Crippen molar-refractivity contribution < 1.29 is 28.9 Å². The van der Waals surface area contributed by atoms with E-state index >= 15 is 0 Å². The van der Waals surface area contributed by atoms with Gasteiger partial charge in [0.05, 0.1) is 15.3 Å². The van der Waals surface area contributed by atoms with Gasteiger partial charge in [-0.1, -0.05) is 72.8 Å². The molecular formula is C41H30N4O8. The molecule has 2 amide bonds. The Morgan fingerprint density at radius 3 is 1.23 bits per heavy atom. The predicted molar refractivity (Wildman–Crippen MR) is 198 cm³/mol. The molecule has 0 aliphatic heterocycles. The molecule has 6 aromatic rings. The van der Waals surface area contributed by atoms with Crippen molar-refractivity contribution in [2.45, 2.75) is 5.41 Å². The maximum atomic E-state index is 12.8. The van der Waals surface area contributed by atoms with Crippen LogP contribution in [0.5, 0.6) is 11.5 Å². The third-order valence-corrected chi connectivity index (χ3v) is 8.99. The first-order valence-corrected chi connectivity index (χ1v) is 16.5. The molecule has 1 aliphatic carbocycles. The van der Waals surface area contributed by atoms with Gasteiger partial charge in [0.1, 0.15) is 11.5 Å². The van der Waals surface area contributed by atoms with Gasteiger partial charge in [-0.3, -0.25) is 29.8 Å². The molecule has 0 saturated carbocycles. The number of hydrogen-bond acceptors (Lipinski definition) is 8. The minimum absolute atomic E-state index is 0.0706. The van der Waals surface area contributed by atoms with Gasteiger partial charge >= 0.3 is 0 Å². The smallest absolute Gasteiger partial charge is 0.269 e. The third-order valence-electron chi connectivity index (χ3n) is 8.99. The lowest BCUT2D eigenvalue weighted by Gasteiger charge is -2.34. The highest BCUT2D eigenvalue weighted by Crippen LogP contribution is 2.56. The van der Waals surface area contributed by atoms with Crippen LogP contribution in [0.2, 0.25) is 0 Å². The fraction of sp³-hybridized carbons (Fsp3) is 0.0732. The van der Waals surface area contributed by atoms with E-state index in [9.17, 15) is 29.8 Å². The standard InChI is InChI=1S/C41H30N4O8/c46-39(25-52-33-21-17-31(18-22-33)44(48)49)42-29-13-9-27(10-14-29)41(37-7-3-1-5-35(37)36-6-2-4-8-38(36)41)28-11-15-30(16-12-28)43-40(47)26-53-34-23-19-32(20-24-34)45(50)51/h1-24H,25-26H2,(H,42,46)(H,43,47). The van der Waals surface area contributed by atoms with Crippen LogP contribution in [0.15, 0.2) is 146 Å². The summed E-state index contributed by atoms with van der Waals surface area (Å²) in [4.78, 5) is 46.3. The van der Waals surface area contributed by atoms with Crippen molar-refractivity contribution in [2.75, 3.05) is 23.8 Å². The first-order chi connectivity index (χ1) is 25.7. The second kappa shape index (κ2) is 14.5. The molecule has 0 fully saturated rings. The Labute approximate surface area is 302 Å². The van der Waals surface area contributed by atoms with E-state index in [-0.39, 0.29) is 24.6 Å². The van der Waals surface area contributed by atoms with Crippen molar-refractivity contribution in [3.05, 3.63) is 188 Å². The summed E-state index contributed by atoms with van der Waals surface area (Å²) in [5.41, 5.74) is 6.56. The molecule has 2 N–H and O–H groups in total. The zero-order valence-corrected chi connectivity index (χ0v) is 27.9. The molecular weight excluding hydrogens is 676 g/mol. The lowest BCUT2D eigenvalue weighted by Crippen LogP contribution is -2.28. The van der Waals surface area contributed by atoms with Crippen LogP contribution in [-0.4, -0.2) is 34.9 Å². The molecule has 1 aliphatic rings. The first kappa shape index (κ1) is 34.1. The number of ether oxygens (including phenoxy) is 2. The summed E-state index contributed by atoms with van der Waals surface area (Å²) in [6, 6.07) is 42.8. The molecule has 0 bridgehead atoms. The highest BCUT2D eigenvalue weighted by atomic mass is 16.6. The van der Waals surface area contributed by atoms with E-state index in [1.807, 2.05) is 72.8 Å². The predicted octanol–water partition coefficient (Wildman–Crippen LogP) is 7.90. The second-order valence-electron chi connectivity index (χ2n) is 12.2. The number of nitrogens with zero attached hydrogens (tertiary/aromatic N) is 2. The van der Waals surface area contributed by atoms with E-state index in [2.05, 4.69) is 34.9 Å². The molecule has 12 nitrogen and oxygen atoms in total. The quantitative estimate of drug-likeness (QED) is 0.0957. The minimum Gasteiger partial charge on any atom is -0.484 e. The maximum absolute atomic E-state index is 12.8. The fourth-order valence-corrected chi connectivity index (χ4v) is 6.65. The molecule has 262 valence electrons. The Bertz CT molecular complexity index is 2160. The number of rotatable bonds is 12. The van der Waals surface area contributed by atoms with Crippen LogP contribution in [0.4, 0.5) is 22.7 Å². The molecule has 0 atom stereocenters. The average molecular weight is 707 g/mol. The van der Waals surface area contributed by atoms with Gasteiger partial charge in [-0.15, -0.1) is 0 Å². The third kappa shape index (κ3) is 6.88. The van der Waals surface area contributed by atoms with Crippen molar-refractivity contribution in [3.8, 4) is 22.6 Å². The normalized spacial score (nSPS) is 12.2. The Kier molecular flexibility index (Phi) is 9.33. The number of carbonyl (C=O) groups is 2. The Morgan fingerprint density at radius 1 is 0.509 bits per heavy atom. The summed E-state index contributed by atoms with van der Waals surface area (Å²) in [7, 11) is 0. The Hall–Kier alpha value is -7.34. The number of amides is 2. The van der Waals surface area contributed by atoms with E-state index in [1.54, 1.807) is 0 Å². The van der Waals surface area contributed by atoms with Crippen LogP contribution < -0.4 is 20.1 Å². The number of fused-ring (bicyclic) bond motifs is 3. The van der Waals surface area contributed by atoms with Gasteiger partial charge < -0.3 is 20.1 Å². The van der Waals surface area contributed by atoms with Crippen LogP contribution in [0.3, 0.4) is 0 Å². The van der Waals surface area contributed by atoms with Crippen molar-refractivity contribution in [1.29, 1.82) is 0 Å². The van der Waals surface area contributed by atoms with E-state index < -0.39 is 27.1 Å². The largest absolute Gasteiger partial charge is 0.484 e. The summed E-state index contributed by atoms with van der Waals surface area (Å²) in [5, 5.41) is 27.5. The van der Waals surface area contributed by atoms with Crippen molar-refractivity contribution in [1.82, 2.24) is 0 Å². The molecule has 6 aromatic carbocycles. The highest BCUT2D eigenvalue weighted by molar-refractivity contribution is 5.93. The second-order valence-corrected chi connectivity index (χ2v) is 12.2. The Balaban J connectivity index is 1.12. The van der Waals surface area contributed by atoms with Gasteiger partial charge in [0.15, 0.2) is 13.2 Å². The fourth-order valence-electron chi connectivity index (χ4n) is 6.65. The highest BCUT2D eigenvalue weighted by Gasteiger charge is 2.45. The molecule has 0 unspecified atom stereocenters. The number of nitrogens with one attached hydrogen (secondary N) is 2. The molecule has 0 spiro atoms. The van der Waals surface area contributed by atoms with Gasteiger partial charge in [-0.05, 0) is 81.9 Å². The molecule has 0 heterocycles. The van der Waals surface area contributed by atoms with Crippen LogP contribution in [-0.2, 0) is 15.0 Å². The zero-order chi connectivity index (χ0) is 37.0. The summed E-state index contributed by atoms with van der Waals surface area (Å²) in [6.07, 6.45) is 0. The summed E-state index contributed by atoms with van der Waals surface area (Å²) < 4.78 is 11.0. The molecule has 12 heteroatoms. The average Bonchev–Trinajstić information content (AvgIpc) is 3.48. The van der Waals surface area contributed by atoms with Gasteiger partial charge in [0.25, 0.3) is 23.2 Å². The summed E-state index contributed by atoms with van der Waals surface area (Å²) >= 11 is 0. The van der Waals surface area contributed by atoms with Crippen LogP contribution >= 0.6 is 0 Å². The first-order valence-electron chi connectivity index (χ1n) is 16.5. The van der Waals surface area contributed by atoms with Crippen LogP contribution in [0.1, 0.15) is 22.3 Å². The number of nitro groups is 2. The van der Waals surface area contributed by atoms with Gasteiger partial charge in [0.2, 0.25) is 0 Å². The number of non-ortho nitro benzene ring substituents is 2. The number of hydrogen-bond donors (Lipinski definition) is 2. The molecule has 0 saturated heterocycles. The molecule has 7 rings (SSSR count). The summed E-state index contributed by atoms with van der Waals surface area (Å²) in [6.45, 7) is -0.563. The number of carbonyl (C=O) groups excluding carboxylic acids is 2. The lowest BCUT2D eigenvalue weighted by molar-refractivity contribution is -0.385. The van der Waals surface area contributed by atoms with Crippen molar-refractivity contribution >= 4 is 34.6 Å². The summed E-state index contributed by atoms with van der Waals surface area (Å²) in [5.74, 6) is -0.109. The van der Waals surface area contributed by atoms with Crippen molar-refractivity contribution in [2.24, 2.45) is 0 Å². The topological polar surface area (TPSA) is 163 Å². The van der Waals surface area contributed by atoms with E-state index in [0.29, 0.717) is 22.9 Å². The molecule has 0 radical (unpaired) electrons. The minimum atomic E-state index is -0.726. The number of nitro benzene ring substituents is 2. The van der Waals surface area contributed by atoms with Gasteiger partial charge in [-0.2, -0.15) is 0 Å². The van der Waals surface area contributed by atoms with E-state index in [4.69, 9.17) is 9.47 Å².